The van der Waals surface area contributed by atoms with Crippen molar-refractivity contribution in [1.82, 2.24) is 4.90 Å². The number of rotatable bonds is 6. The van der Waals surface area contributed by atoms with Gasteiger partial charge in [-0.15, -0.1) is 0 Å². The van der Waals surface area contributed by atoms with Crippen LogP contribution in [0, 0.1) is 15.9 Å². The van der Waals surface area contributed by atoms with Crippen molar-refractivity contribution in [3.8, 4) is 0 Å². The van der Waals surface area contributed by atoms with Gasteiger partial charge in [0.2, 0.25) is 0 Å². The van der Waals surface area contributed by atoms with Crippen LogP contribution in [0.1, 0.15) is 34.5 Å². The maximum absolute atomic E-state index is 14.3. The van der Waals surface area contributed by atoms with Crippen molar-refractivity contribution in [1.29, 1.82) is 0 Å². The van der Waals surface area contributed by atoms with Crippen molar-refractivity contribution < 1.29 is 14.1 Å². The maximum atomic E-state index is 14.3. The summed E-state index contributed by atoms with van der Waals surface area (Å²) in [6.07, 6.45) is 0. The molecule has 0 aromatic heterocycles. The summed E-state index contributed by atoms with van der Waals surface area (Å²) in [5, 5.41) is 11.4. The van der Waals surface area contributed by atoms with Gasteiger partial charge in [0.25, 0.3) is 11.6 Å². The molecular weight excluding hydrogens is 359 g/mol. The lowest BCUT2D eigenvalue weighted by Crippen LogP contribution is -2.34. The molecular formula is C22H19FN2O3. The van der Waals surface area contributed by atoms with Gasteiger partial charge in [0, 0.05) is 11.6 Å². The van der Waals surface area contributed by atoms with Crippen LogP contribution in [0.3, 0.4) is 0 Å². The Morgan fingerprint density at radius 3 is 2.29 bits per heavy atom. The largest absolute Gasteiger partial charge is 0.327 e. The van der Waals surface area contributed by atoms with E-state index in [-0.39, 0.29) is 17.8 Å². The van der Waals surface area contributed by atoms with Gasteiger partial charge < -0.3 is 4.90 Å². The number of para-hydroxylation sites is 1. The lowest BCUT2D eigenvalue weighted by Gasteiger charge is -2.30. The molecule has 0 radical (unpaired) electrons. The average molecular weight is 378 g/mol. The quantitative estimate of drug-likeness (QED) is 0.441. The number of amides is 1. The Labute approximate surface area is 162 Å². The third-order valence-electron chi connectivity index (χ3n) is 4.64. The van der Waals surface area contributed by atoms with Gasteiger partial charge in [0.1, 0.15) is 5.82 Å². The molecule has 142 valence electrons. The highest BCUT2D eigenvalue weighted by molar-refractivity contribution is 5.94. The summed E-state index contributed by atoms with van der Waals surface area (Å²) in [4.78, 5) is 25.5. The Balaban J connectivity index is 2.04. The van der Waals surface area contributed by atoms with Crippen LogP contribution in [0.25, 0.3) is 0 Å². The number of hydrogen-bond donors (Lipinski definition) is 0. The van der Waals surface area contributed by atoms with E-state index in [1.807, 2.05) is 37.3 Å². The van der Waals surface area contributed by atoms with E-state index in [4.69, 9.17) is 0 Å². The van der Waals surface area contributed by atoms with Gasteiger partial charge in [-0.1, -0.05) is 60.7 Å². The first-order valence-electron chi connectivity index (χ1n) is 8.81. The third-order valence-corrected chi connectivity index (χ3v) is 4.64. The molecule has 6 heteroatoms. The summed E-state index contributed by atoms with van der Waals surface area (Å²) >= 11 is 0. The number of nitrogens with zero attached hydrogens (tertiary/aromatic N) is 2. The molecule has 1 unspecified atom stereocenters. The van der Waals surface area contributed by atoms with Gasteiger partial charge in [-0.25, -0.2) is 4.39 Å². The zero-order valence-electron chi connectivity index (χ0n) is 15.3. The van der Waals surface area contributed by atoms with E-state index in [2.05, 4.69) is 0 Å². The first-order chi connectivity index (χ1) is 13.5. The fraction of sp³-hybridized carbons (Fsp3) is 0.136. The monoisotopic (exact) mass is 378 g/mol. The van der Waals surface area contributed by atoms with Crippen molar-refractivity contribution in [2.45, 2.75) is 19.5 Å². The minimum atomic E-state index is -0.625. The van der Waals surface area contributed by atoms with E-state index < -0.39 is 22.7 Å². The minimum absolute atomic E-state index is 0.0135. The van der Waals surface area contributed by atoms with E-state index in [1.165, 1.54) is 29.2 Å². The SMILES string of the molecule is CC(c1ccccc1)N(Cc1ccccc1[N+](=O)[O-])C(=O)c1ccccc1F. The molecule has 3 aromatic carbocycles. The smallest absolute Gasteiger partial charge is 0.274 e. The van der Waals surface area contributed by atoms with E-state index in [9.17, 15) is 19.3 Å². The summed E-state index contributed by atoms with van der Waals surface area (Å²) in [5.41, 5.74) is 1.10. The first-order valence-corrected chi connectivity index (χ1v) is 8.81. The molecule has 3 aromatic rings. The van der Waals surface area contributed by atoms with Gasteiger partial charge in [-0.2, -0.15) is 0 Å². The lowest BCUT2D eigenvalue weighted by atomic mass is 10.0. The van der Waals surface area contributed by atoms with Crippen molar-refractivity contribution in [3.05, 3.63) is 111 Å². The number of carbonyl (C=O) groups is 1. The zero-order chi connectivity index (χ0) is 20.1. The lowest BCUT2D eigenvalue weighted by molar-refractivity contribution is -0.385. The van der Waals surface area contributed by atoms with Gasteiger partial charge >= 0.3 is 0 Å². The summed E-state index contributed by atoms with van der Waals surface area (Å²) in [6, 6.07) is 20.9. The number of benzene rings is 3. The highest BCUT2D eigenvalue weighted by atomic mass is 19.1. The van der Waals surface area contributed by atoms with Gasteiger partial charge in [-0.3, -0.25) is 14.9 Å². The number of halogens is 1. The first kappa shape index (κ1) is 19.2. The molecule has 0 saturated heterocycles. The van der Waals surface area contributed by atoms with Gasteiger partial charge in [0.05, 0.1) is 23.1 Å². The van der Waals surface area contributed by atoms with Crippen molar-refractivity contribution in [2.24, 2.45) is 0 Å². The molecule has 0 aliphatic rings. The van der Waals surface area contributed by atoms with Crippen LogP contribution in [0.4, 0.5) is 10.1 Å². The number of hydrogen-bond acceptors (Lipinski definition) is 3. The fourth-order valence-electron chi connectivity index (χ4n) is 3.09. The summed E-state index contributed by atoms with van der Waals surface area (Å²) in [7, 11) is 0. The Hall–Kier alpha value is -3.54. The topological polar surface area (TPSA) is 63.4 Å². The molecule has 0 aliphatic carbocycles. The van der Waals surface area contributed by atoms with E-state index >= 15 is 0 Å². The predicted octanol–water partition coefficient (Wildman–Crippen LogP) is 5.14. The molecule has 0 fully saturated rings. The van der Waals surface area contributed by atoms with Gasteiger partial charge in [-0.05, 0) is 24.6 Å². The molecule has 3 rings (SSSR count). The van der Waals surface area contributed by atoms with Crippen LogP contribution in [0.2, 0.25) is 0 Å². The predicted molar refractivity (Wildman–Crippen MR) is 104 cm³/mol. The molecule has 0 heterocycles. The zero-order valence-corrected chi connectivity index (χ0v) is 15.3. The molecule has 1 atom stereocenters. The molecule has 0 saturated carbocycles. The summed E-state index contributed by atoms with van der Waals surface area (Å²) in [5.74, 6) is -1.15. The van der Waals surface area contributed by atoms with E-state index in [1.54, 1.807) is 24.3 Å². The van der Waals surface area contributed by atoms with Crippen molar-refractivity contribution in [2.75, 3.05) is 0 Å². The average Bonchev–Trinajstić information content (AvgIpc) is 2.72. The van der Waals surface area contributed by atoms with Crippen LogP contribution >= 0.6 is 0 Å². The standard InChI is InChI=1S/C22H19FN2O3/c1-16(17-9-3-2-4-10-17)24(22(26)19-12-6-7-13-20(19)23)15-18-11-5-8-14-21(18)25(27)28/h2-14,16H,15H2,1H3. The van der Waals surface area contributed by atoms with Crippen LogP contribution in [-0.4, -0.2) is 15.7 Å². The molecule has 0 aliphatic heterocycles. The molecule has 0 bridgehead atoms. The summed E-state index contributed by atoms with van der Waals surface area (Å²) < 4.78 is 14.3. The van der Waals surface area contributed by atoms with E-state index in [0.717, 1.165) is 5.56 Å². The highest BCUT2D eigenvalue weighted by Gasteiger charge is 2.27. The second-order valence-electron chi connectivity index (χ2n) is 6.39. The van der Waals surface area contributed by atoms with E-state index in [0.29, 0.717) is 5.56 Å². The van der Waals surface area contributed by atoms with Crippen LogP contribution in [-0.2, 0) is 6.54 Å². The Bertz CT molecular complexity index is 992. The Kier molecular flexibility index (Phi) is 5.79. The molecule has 5 nitrogen and oxygen atoms in total. The molecule has 0 spiro atoms. The van der Waals surface area contributed by atoms with Crippen molar-refractivity contribution >= 4 is 11.6 Å². The second-order valence-corrected chi connectivity index (χ2v) is 6.39. The molecule has 0 N–H and O–H groups in total. The molecule has 1 amide bonds. The normalized spacial score (nSPS) is 11.6. The highest BCUT2D eigenvalue weighted by Crippen LogP contribution is 2.28. The van der Waals surface area contributed by atoms with Crippen LogP contribution in [0.5, 0.6) is 0 Å². The number of nitro groups is 1. The number of carbonyl (C=O) groups excluding carboxylic acids is 1. The van der Waals surface area contributed by atoms with Gasteiger partial charge in [0.15, 0.2) is 0 Å². The fourth-order valence-corrected chi connectivity index (χ4v) is 3.09. The number of nitro benzene ring substituents is 1. The minimum Gasteiger partial charge on any atom is -0.327 e. The third kappa shape index (κ3) is 4.06. The Morgan fingerprint density at radius 2 is 1.61 bits per heavy atom. The molecule has 28 heavy (non-hydrogen) atoms. The van der Waals surface area contributed by atoms with Crippen LogP contribution < -0.4 is 0 Å². The summed E-state index contributed by atoms with van der Waals surface area (Å²) in [6.45, 7) is 1.81. The second kappa shape index (κ2) is 8.43. The maximum Gasteiger partial charge on any atom is 0.274 e. The van der Waals surface area contributed by atoms with Crippen molar-refractivity contribution in [3.63, 3.8) is 0 Å². The van der Waals surface area contributed by atoms with Crippen LogP contribution in [0.15, 0.2) is 78.9 Å². The Morgan fingerprint density at radius 1 is 1.00 bits per heavy atom.